The maximum absolute atomic E-state index is 12.8. The van der Waals surface area contributed by atoms with E-state index >= 15 is 0 Å². The van der Waals surface area contributed by atoms with Crippen molar-refractivity contribution in [2.75, 3.05) is 0 Å². The lowest BCUT2D eigenvalue weighted by Crippen LogP contribution is -2.24. The molecule has 2 aromatic carbocycles. The zero-order valence-electron chi connectivity index (χ0n) is 14.2. The van der Waals surface area contributed by atoms with E-state index in [1.165, 1.54) is 0 Å². The minimum absolute atomic E-state index is 0.0701. The molecule has 0 aliphatic carbocycles. The summed E-state index contributed by atoms with van der Waals surface area (Å²) >= 11 is 5.91. The molecule has 4 aromatic rings. The maximum Gasteiger partial charge on any atom is 0.329 e. The lowest BCUT2D eigenvalue weighted by Gasteiger charge is -1.98. The number of aromatic nitrogens is 4. The van der Waals surface area contributed by atoms with Crippen molar-refractivity contribution in [3.63, 3.8) is 0 Å². The first-order chi connectivity index (χ1) is 12.7. The van der Waals surface area contributed by atoms with E-state index in [2.05, 4.69) is 17.1 Å². The van der Waals surface area contributed by atoms with Gasteiger partial charge >= 0.3 is 5.69 Å². The van der Waals surface area contributed by atoms with Gasteiger partial charge in [0.25, 0.3) is 0 Å². The van der Waals surface area contributed by atoms with E-state index in [0.717, 1.165) is 23.0 Å². The van der Waals surface area contributed by atoms with Crippen molar-refractivity contribution in [1.82, 2.24) is 19.3 Å². The molecule has 4 rings (SSSR count). The minimum Gasteiger partial charge on any atom is -0.337 e. The van der Waals surface area contributed by atoms with Crippen LogP contribution in [-0.4, -0.2) is 19.3 Å². The van der Waals surface area contributed by atoms with Crippen LogP contribution in [0.5, 0.6) is 0 Å². The minimum atomic E-state index is -0.0701. The average Bonchev–Trinajstić information content (AvgIpc) is 3.22. The molecule has 6 nitrogen and oxygen atoms in total. The second-order valence-corrected chi connectivity index (χ2v) is 6.46. The standard InChI is InChI=1S/C19H17ClN4O2/c1-2-11-23-15-5-3-4-6-16(15)24(19(23)25)12-17-21-18(22-26-17)13-7-9-14(20)10-8-13/h3-10H,2,11-12H2,1H3. The van der Waals surface area contributed by atoms with Crippen molar-refractivity contribution >= 4 is 22.6 Å². The number of aryl methyl sites for hydroxylation is 1. The van der Waals surface area contributed by atoms with Gasteiger partial charge in [0, 0.05) is 17.1 Å². The van der Waals surface area contributed by atoms with Crippen LogP contribution in [0, 0.1) is 0 Å². The van der Waals surface area contributed by atoms with Crippen LogP contribution in [0.1, 0.15) is 19.2 Å². The zero-order valence-corrected chi connectivity index (χ0v) is 15.0. The summed E-state index contributed by atoms with van der Waals surface area (Å²) in [6.07, 6.45) is 0.884. The molecule has 2 aromatic heterocycles. The number of rotatable bonds is 5. The Balaban J connectivity index is 1.71. The predicted octanol–water partition coefficient (Wildman–Crippen LogP) is 3.96. The Labute approximate surface area is 154 Å². The topological polar surface area (TPSA) is 65.8 Å². The largest absolute Gasteiger partial charge is 0.337 e. The molecule has 0 fully saturated rings. The van der Waals surface area contributed by atoms with Gasteiger partial charge in [0.05, 0.1) is 11.0 Å². The Hall–Kier alpha value is -2.86. The molecule has 0 radical (unpaired) electrons. The number of imidazole rings is 1. The van der Waals surface area contributed by atoms with Gasteiger partial charge in [-0.05, 0) is 42.8 Å². The number of benzene rings is 2. The maximum atomic E-state index is 12.8. The molecule has 0 aliphatic rings. The van der Waals surface area contributed by atoms with Crippen LogP contribution in [0.2, 0.25) is 5.02 Å². The molecule has 0 atom stereocenters. The van der Waals surface area contributed by atoms with Gasteiger partial charge in [-0.15, -0.1) is 0 Å². The summed E-state index contributed by atoms with van der Waals surface area (Å²) in [6.45, 7) is 2.96. The van der Waals surface area contributed by atoms with Crippen LogP contribution >= 0.6 is 11.6 Å². The predicted molar refractivity (Wildman–Crippen MR) is 100 cm³/mol. The third-order valence-electron chi connectivity index (χ3n) is 4.24. The number of para-hydroxylation sites is 2. The van der Waals surface area contributed by atoms with Crippen molar-refractivity contribution in [3.05, 3.63) is 69.9 Å². The molecular weight excluding hydrogens is 352 g/mol. The molecule has 7 heteroatoms. The summed E-state index contributed by atoms with van der Waals surface area (Å²) in [5.41, 5.74) is 2.51. The van der Waals surface area contributed by atoms with Crippen molar-refractivity contribution in [3.8, 4) is 11.4 Å². The fourth-order valence-corrected chi connectivity index (χ4v) is 3.16. The van der Waals surface area contributed by atoms with Gasteiger partial charge in [-0.1, -0.05) is 35.8 Å². The van der Waals surface area contributed by atoms with E-state index in [1.807, 2.05) is 36.4 Å². The monoisotopic (exact) mass is 368 g/mol. The average molecular weight is 369 g/mol. The summed E-state index contributed by atoms with van der Waals surface area (Å²) in [6, 6.07) is 14.9. The first-order valence-electron chi connectivity index (χ1n) is 8.44. The third-order valence-corrected chi connectivity index (χ3v) is 4.49. The second-order valence-electron chi connectivity index (χ2n) is 6.03. The van der Waals surface area contributed by atoms with E-state index in [-0.39, 0.29) is 12.2 Å². The molecule has 0 saturated heterocycles. The molecule has 0 saturated carbocycles. The van der Waals surface area contributed by atoms with Gasteiger partial charge in [-0.2, -0.15) is 4.98 Å². The number of hydrogen-bond acceptors (Lipinski definition) is 4. The van der Waals surface area contributed by atoms with Gasteiger partial charge in [0.15, 0.2) is 0 Å². The van der Waals surface area contributed by atoms with Gasteiger partial charge in [-0.3, -0.25) is 9.13 Å². The van der Waals surface area contributed by atoms with Crippen molar-refractivity contribution < 1.29 is 4.52 Å². The van der Waals surface area contributed by atoms with E-state index in [0.29, 0.717) is 23.3 Å². The van der Waals surface area contributed by atoms with E-state index in [1.54, 1.807) is 21.3 Å². The Morgan fingerprint density at radius 3 is 2.42 bits per heavy atom. The zero-order chi connectivity index (χ0) is 18.1. The molecule has 0 amide bonds. The summed E-state index contributed by atoms with van der Waals surface area (Å²) in [7, 11) is 0. The number of fused-ring (bicyclic) bond motifs is 1. The molecular formula is C19H17ClN4O2. The fraction of sp³-hybridized carbons (Fsp3) is 0.211. The molecule has 0 spiro atoms. The van der Waals surface area contributed by atoms with E-state index in [9.17, 15) is 4.79 Å². The van der Waals surface area contributed by atoms with Crippen LogP contribution < -0.4 is 5.69 Å². The van der Waals surface area contributed by atoms with Crippen LogP contribution in [0.3, 0.4) is 0 Å². The first-order valence-corrected chi connectivity index (χ1v) is 8.81. The summed E-state index contributed by atoms with van der Waals surface area (Å²) < 4.78 is 8.82. The van der Waals surface area contributed by atoms with Crippen molar-refractivity contribution in [2.45, 2.75) is 26.4 Å². The highest BCUT2D eigenvalue weighted by atomic mass is 35.5. The van der Waals surface area contributed by atoms with Gasteiger partial charge < -0.3 is 4.52 Å². The highest BCUT2D eigenvalue weighted by Crippen LogP contribution is 2.20. The Kier molecular flexibility index (Phi) is 4.34. The van der Waals surface area contributed by atoms with E-state index < -0.39 is 0 Å². The van der Waals surface area contributed by atoms with E-state index in [4.69, 9.17) is 16.1 Å². The number of halogens is 1. The Morgan fingerprint density at radius 2 is 1.73 bits per heavy atom. The van der Waals surface area contributed by atoms with Crippen LogP contribution in [0.4, 0.5) is 0 Å². The molecule has 132 valence electrons. The molecule has 0 bridgehead atoms. The lowest BCUT2D eigenvalue weighted by molar-refractivity contribution is 0.370. The summed E-state index contributed by atoms with van der Waals surface area (Å²) in [5, 5.41) is 4.66. The normalized spacial score (nSPS) is 11.3. The van der Waals surface area contributed by atoms with Crippen molar-refractivity contribution in [1.29, 1.82) is 0 Å². The SMILES string of the molecule is CCCn1c(=O)n(Cc2nc(-c3ccc(Cl)cc3)no2)c2ccccc21. The van der Waals surface area contributed by atoms with Gasteiger partial charge in [0.1, 0.15) is 6.54 Å². The molecule has 0 unspecified atom stereocenters. The highest BCUT2D eigenvalue weighted by molar-refractivity contribution is 6.30. The Morgan fingerprint density at radius 1 is 1.04 bits per heavy atom. The van der Waals surface area contributed by atoms with Crippen LogP contribution in [0.25, 0.3) is 22.4 Å². The van der Waals surface area contributed by atoms with Crippen LogP contribution in [-0.2, 0) is 13.1 Å². The molecule has 26 heavy (non-hydrogen) atoms. The molecule has 0 N–H and O–H groups in total. The second kappa shape index (κ2) is 6.80. The third kappa shape index (κ3) is 2.93. The molecule has 0 aliphatic heterocycles. The number of nitrogens with zero attached hydrogens (tertiary/aromatic N) is 4. The fourth-order valence-electron chi connectivity index (χ4n) is 3.04. The van der Waals surface area contributed by atoms with Crippen molar-refractivity contribution in [2.24, 2.45) is 0 Å². The summed E-state index contributed by atoms with van der Waals surface area (Å²) in [5.74, 6) is 0.860. The first kappa shape index (κ1) is 16.6. The quantitative estimate of drug-likeness (QED) is 0.534. The summed E-state index contributed by atoms with van der Waals surface area (Å²) in [4.78, 5) is 17.2. The number of hydrogen-bond donors (Lipinski definition) is 0. The lowest BCUT2D eigenvalue weighted by atomic mass is 10.2. The smallest absolute Gasteiger partial charge is 0.329 e. The molecule has 2 heterocycles. The van der Waals surface area contributed by atoms with Crippen LogP contribution in [0.15, 0.2) is 57.8 Å². The van der Waals surface area contributed by atoms with Gasteiger partial charge in [-0.25, -0.2) is 4.79 Å². The highest BCUT2D eigenvalue weighted by Gasteiger charge is 2.16. The Bertz CT molecular complexity index is 1110. The van der Waals surface area contributed by atoms with Gasteiger partial charge in [0.2, 0.25) is 11.7 Å².